The van der Waals surface area contributed by atoms with Gasteiger partial charge in [-0.25, -0.2) is 4.39 Å². The van der Waals surface area contributed by atoms with Crippen LogP contribution in [0.25, 0.3) is 0 Å². The van der Waals surface area contributed by atoms with E-state index in [0.717, 1.165) is 24.2 Å². The summed E-state index contributed by atoms with van der Waals surface area (Å²) in [6, 6.07) is 4.90. The molecule has 0 amide bonds. The summed E-state index contributed by atoms with van der Waals surface area (Å²) < 4.78 is 18.6. The molecule has 0 heterocycles. The summed E-state index contributed by atoms with van der Waals surface area (Å²) in [5.41, 5.74) is 1.88. The maximum atomic E-state index is 13.4. The quantitative estimate of drug-likeness (QED) is 0.744. The molecule has 3 heteroatoms. The molecule has 0 atom stereocenters. The molecular formula is C13H18FNO. The second-order valence-electron chi connectivity index (χ2n) is 3.71. The van der Waals surface area contributed by atoms with Gasteiger partial charge in [0.15, 0.2) is 11.6 Å². The highest BCUT2D eigenvalue weighted by Crippen LogP contribution is 2.21. The monoisotopic (exact) mass is 223 g/mol. The number of nitrogens with one attached hydrogen (secondary N) is 1. The SMILES string of the molecule is C=C(C)CCNc1ccc(OCC)c(F)c1. The van der Waals surface area contributed by atoms with Gasteiger partial charge in [0.25, 0.3) is 0 Å². The molecule has 1 aromatic rings. The first kappa shape index (κ1) is 12.6. The van der Waals surface area contributed by atoms with Crippen LogP contribution in [-0.2, 0) is 0 Å². The molecule has 16 heavy (non-hydrogen) atoms. The summed E-state index contributed by atoms with van der Waals surface area (Å²) >= 11 is 0. The zero-order chi connectivity index (χ0) is 12.0. The average Bonchev–Trinajstić information content (AvgIpc) is 2.21. The Balaban J connectivity index is 2.55. The number of hydrogen-bond donors (Lipinski definition) is 1. The van der Waals surface area contributed by atoms with Gasteiger partial charge in [0.2, 0.25) is 0 Å². The van der Waals surface area contributed by atoms with E-state index >= 15 is 0 Å². The lowest BCUT2D eigenvalue weighted by Crippen LogP contribution is -2.02. The zero-order valence-electron chi connectivity index (χ0n) is 9.85. The molecule has 0 saturated heterocycles. The Morgan fingerprint density at radius 2 is 2.25 bits per heavy atom. The van der Waals surface area contributed by atoms with Crippen molar-refractivity contribution in [1.82, 2.24) is 0 Å². The van der Waals surface area contributed by atoms with Crippen molar-refractivity contribution in [2.75, 3.05) is 18.5 Å². The minimum atomic E-state index is -0.331. The molecule has 0 radical (unpaired) electrons. The number of halogens is 1. The Labute approximate surface area is 96.1 Å². The lowest BCUT2D eigenvalue weighted by atomic mass is 10.2. The van der Waals surface area contributed by atoms with E-state index in [1.807, 2.05) is 19.9 Å². The van der Waals surface area contributed by atoms with Crippen LogP contribution >= 0.6 is 0 Å². The molecular weight excluding hydrogens is 205 g/mol. The van der Waals surface area contributed by atoms with Crippen molar-refractivity contribution in [2.24, 2.45) is 0 Å². The van der Waals surface area contributed by atoms with E-state index in [9.17, 15) is 4.39 Å². The molecule has 0 aromatic heterocycles. The highest BCUT2D eigenvalue weighted by molar-refractivity contribution is 5.47. The van der Waals surface area contributed by atoms with Crippen LogP contribution in [0.5, 0.6) is 5.75 Å². The van der Waals surface area contributed by atoms with Gasteiger partial charge in [0.1, 0.15) is 0 Å². The van der Waals surface area contributed by atoms with Crippen molar-refractivity contribution < 1.29 is 9.13 Å². The lowest BCUT2D eigenvalue weighted by molar-refractivity contribution is 0.321. The van der Waals surface area contributed by atoms with E-state index in [-0.39, 0.29) is 5.82 Å². The number of rotatable bonds is 6. The summed E-state index contributed by atoms with van der Waals surface area (Å²) in [6.07, 6.45) is 0.884. The molecule has 0 fully saturated rings. The van der Waals surface area contributed by atoms with Crippen LogP contribution < -0.4 is 10.1 Å². The minimum absolute atomic E-state index is 0.299. The predicted octanol–water partition coefficient (Wildman–Crippen LogP) is 3.60. The van der Waals surface area contributed by atoms with Crippen LogP contribution in [0.2, 0.25) is 0 Å². The highest BCUT2D eigenvalue weighted by atomic mass is 19.1. The van der Waals surface area contributed by atoms with E-state index in [1.165, 1.54) is 6.07 Å². The fourth-order valence-electron chi connectivity index (χ4n) is 1.30. The summed E-state index contributed by atoms with van der Waals surface area (Å²) in [5, 5.41) is 3.13. The van der Waals surface area contributed by atoms with Gasteiger partial charge in [-0.15, -0.1) is 6.58 Å². The molecule has 0 unspecified atom stereocenters. The first-order valence-electron chi connectivity index (χ1n) is 5.44. The largest absolute Gasteiger partial charge is 0.491 e. The van der Waals surface area contributed by atoms with Gasteiger partial charge >= 0.3 is 0 Å². The molecule has 0 spiro atoms. The first-order chi connectivity index (χ1) is 7.63. The topological polar surface area (TPSA) is 21.3 Å². The molecule has 1 rings (SSSR count). The van der Waals surface area contributed by atoms with Crippen LogP contribution in [0.3, 0.4) is 0 Å². The van der Waals surface area contributed by atoms with E-state index in [0.29, 0.717) is 12.4 Å². The van der Waals surface area contributed by atoms with Crippen LogP contribution in [0.15, 0.2) is 30.4 Å². The van der Waals surface area contributed by atoms with Crippen molar-refractivity contribution in [3.05, 3.63) is 36.2 Å². The summed E-state index contributed by atoms with van der Waals surface area (Å²) in [5.74, 6) is -0.0323. The molecule has 2 nitrogen and oxygen atoms in total. The van der Waals surface area contributed by atoms with E-state index in [2.05, 4.69) is 11.9 Å². The van der Waals surface area contributed by atoms with Gasteiger partial charge in [-0.1, -0.05) is 5.57 Å². The van der Waals surface area contributed by atoms with Gasteiger partial charge < -0.3 is 10.1 Å². The van der Waals surface area contributed by atoms with E-state index in [4.69, 9.17) is 4.74 Å². The van der Waals surface area contributed by atoms with Crippen LogP contribution in [0.1, 0.15) is 20.3 Å². The van der Waals surface area contributed by atoms with Gasteiger partial charge in [-0.2, -0.15) is 0 Å². The molecule has 1 aromatic carbocycles. The maximum Gasteiger partial charge on any atom is 0.167 e. The Bertz CT molecular complexity index is 363. The van der Waals surface area contributed by atoms with Crippen LogP contribution in [0, 0.1) is 5.82 Å². The fraction of sp³-hybridized carbons (Fsp3) is 0.385. The standard InChI is InChI=1S/C13H18FNO/c1-4-16-13-6-5-11(9-12(13)14)15-8-7-10(2)3/h5-6,9,15H,2,4,7-8H2,1,3H3. The third-order valence-electron chi connectivity index (χ3n) is 2.11. The van der Waals surface area contributed by atoms with Gasteiger partial charge in [-0.3, -0.25) is 0 Å². The third kappa shape index (κ3) is 3.93. The van der Waals surface area contributed by atoms with E-state index < -0.39 is 0 Å². The summed E-state index contributed by atoms with van der Waals surface area (Å²) in [6.45, 7) is 8.85. The molecule has 0 saturated carbocycles. The van der Waals surface area contributed by atoms with Crippen LogP contribution in [-0.4, -0.2) is 13.2 Å². The van der Waals surface area contributed by atoms with Gasteiger partial charge in [0.05, 0.1) is 6.61 Å². The molecule has 88 valence electrons. The van der Waals surface area contributed by atoms with Crippen molar-refractivity contribution in [3.63, 3.8) is 0 Å². The Morgan fingerprint density at radius 3 is 2.81 bits per heavy atom. The van der Waals surface area contributed by atoms with E-state index in [1.54, 1.807) is 6.07 Å². The number of benzene rings is 1. The number of hydrogen-bond acceptors (Lipinski definition) is 2. The second kappa shape index (κ2) is 6.16. The Hall–Kier alpha value is -1.51. The van der Waals surface area contributed by atoms with Crippen molar-refractivity contribution in [1.29, 1.82) is 0 Å². The highest BCUT2D eigenvalue weighted by Gasteiger charge is 2.03. The summed E-state index contributed by atoms with van der Waals surface area (Å²) in [4.78, 5) is 0. The summed E-state index contributed by atoms with van der Waals surface area (Å²) in [7, 11) is 0. The fourth-order valence-corrected chi connectivity index (χ4v) is 1.30. The number of ether oxygens (including phenoxy) is 1. The van der Waals surface area contributed by atoms with Gasteiger partial charge in [0, 0.05) is 18.3 Å². The minimum Gasteiger partial charge on any atom is -0.491 e. The van der Waals surface area contributed by atoms with Crippen LogP contribution in [0.4, 0.5) is 10.1 Å². The average molecular weight is 223 g/mol. The van der Waals surface area contributed by atoms with Crippen molar-refractivity contribution >= 4 is 5.69 Å². The molecule has 1 N–H and O–H groups in total. The Kier molecular flexibility index (Phi) is 4.83. The molecule has 0 aliphatic rings. The van der Waals surface area contributed by atoms with Crippen molar-refractivity contribution in [3.8, 4) is 5.75 Å². The predicted molar refractivity (Wildman–Crippen MR) is 65.5 cm³/mol. The third-order valence-corrected chi connectivity index (χ3v) is 2.11. The van der Waals surface area contributed by atoms with Gasteiger partial charge in [-0.05, 0) is 32.4 Å². The second-order valence-corrected chi connectivity index (χ2v) is 3.71. The smallest absolute Gasteiger partial charge is 0.167 e. The first-order valence-corrected chi connectivity index (χ1v) is 5.44. The molecule has 0 aliphatic heterocycles. The maximum absolute atomic E-state index is 13.4. The number of anilines is 1. The lowest BCUT2D eigenvalue weighted by Gasteiger charge is -2.09. The van der Waals surface area contributed by atoms with Crippen molar-refractivity contribution in [2.45, 2.75) is 20.3 Å². The molecule has 0 bridgehead atoms. The zero-order valence-corrected chi connectivity index (χ0v) is 9.85. The molecule has 0 aliphatic carbocycles. The normalized spacial score (nSPS) is 9.94. The Morgan fingerprint density at radius 1 is 1.50 bits per heavy atom.